The summed E-state index contributed by atoms with van der Waals surface area (Å²) < 4.78 is 18.9. The van der Waals surface area contributed by atoms with E-state index in [9.17, 15) is 34.6 Å². The van der Waals surface area contributed by atoms with E-state index >= 15 is 0 Å². The first-order valence-electron chi connectivity index (χ1n) is 14.8. The van der Waals surface area contributed by atoms with Crippen LogP contribution >= 0.6 is 0 Å². The Bertz CT molecular complexity index is 1320. The van der Waals surface area contributed by atoms with Crippen LogP contribution in [0.15, 0.2) is 48.5 Å². The maximum Gasteiger partial charge on any atom is 0.519 e. The molecule has 0 bridgehead atoms. The molecule has 268 valence electrons. The molecule has 0 aliphatic rings. The lowest BCUT2D eigenvalue weighted by molar-refractivity contribution is -0.384. The fourth-order valence-electron chi connectivity index (χ4n) is 3.06. The van der Waals surface area contributed by atoms with Crippen LogP contribution in [0.25, 0.3) is 0 Å². The van der Waals surface area contributed by atoms with Crippen LogP contribution in [0.5, 0.6) is 0 Å². The molecule has 0 radical (unpaired) electrons. The Morgan fingerprint density at radius 2 is 1.02 bits per heavy atom. The van der Waals surface area contributed by atoms with Crippen molar-refractivity contribution in [3.8, 4) is 0 Å². The first kappa shape index (κ1) is 42.8. The number of hydrogen-bond acceptors (Lipinski definition) is 14. The maximum atomic E-state index is 11.4. The molecule has 0 saturated heterocycles. The number of hydrogen-bond donors (Lipinski definition) is 4. The van der Waals surface area contributed by atoms with Crippen LogP contribution in [-0.2, 0) is 18.9 Å². The van der Waals surface area contributed by atoms with Gasteiger partial charge in [0.05, 0.1) is 9.85 Å². The lowest BCUT2D eigenvalue weighted by atomic mass is 10.2. The van der Waals surface area contributed by atoms with Gasteiger partial charge in [0.25, 0.3) is 11.4 Å². The number of para-hydroxylation sites is 4. The van der Waals surface area contributed by atoms with Gasteiger partial charge in [-0.25, -0.2) is 14.4 Å². The van der Waals surface area contributed by atoms with Crippen molar-refractivity contribution in [1.82, 2.24) is 5.32 Å². The number of nitrogens with two attached hydrogens (primary N) is 1. The number of ether oxygens (including phenoxy) is 4. The molecule has 0 atom stereocenters. The number of anilines is 2. The van der Waals surface area contributed by atoms with Crippen molar-refractivity contribution < 1.29 is 43.2 Å². The van der Waals surface area contributed by atoms with E-state index in [1.807, 2.05) is 0 Å². The third kappa shape index (κ3) is 21.5. The minimum absolute atomic E-state index is 0.00441. The SMILES string of the molecule is CC(C)(C)OC(=O)NCCNc1ccccc1[N+](=O)[O-].CC(C)(C)OC(=O)OC(=O)OC(C)(C)C.NCCNc1ccccc1[N+](=O)[O-]. The summed E-state index contributed by atoms with van der Waals surface area (Å²) in [6.07, 6.45) is -2.63. The summed E-state index contributed by atoms with van der Waals surface area (Å²) >= 11 is 0. The predicted molar refractivity (Wildman–Crippen MR) is 180 cm³/mol. The molecule has 2 aromatic carbocycles. The first-order chi connectivity index (χ1) is 22.0. The Labute approximate surface area is 280 Å². The number of nitrogens with zero attached hydrogens (tertiary/aromatic N) is 2. The van der Waals surface area contributed by atoms with Gasteiger partial charge in [0, 0.05) is 38.3 Å². The Kier molecular flexibility index (Phi) is 18.0. The van der Waals surface area contributed by atoms with Gasteiger partial charge in [0.2, 0.25) is 0 Å². The summed E-state index contributed by atoms with van der Waals surface area (Å²) in [7, 11) is 0. The zero-order valence-electron chi connectivity index (χ0n) is 28.9. The summed E-state index contributed by atoms with van der Waals surface area (Å²) in [5.41, 5.74) is 4.35. The lowest BCUT2D eigenvalue weighted by Gasteiger charge is -2.20. The molecule has 0 fully saturated rings. The molecule has 0 unspecified atom stereocenters. The van der Waals surface area contributed by atoms with E-state index in [2.05, 4.69) is 20.7 Å². The van der Waals surface area contributed by atoms with Crippen molar-refractivity contribution in [2.24, 2.45) is 5.73 Å². The van der Waals surface area contributed by atoms with E-state index < -0.39 is 45.1 Å². The summed E-state index contributed by atoms with van der Waals surface area (Å²) in [4.78, 5) is 53.8. The van der Waals surface area contributed by atoms with Crippen molar-refractivity contribution in [3.05, 3.63) is 68.8 Å². The maximum absolute atomic E-state index is 11.4. The van der Waals surface area contributed by atoms with Crippen LogP contribution in [0.3, 0.4) is 0 Å². The molecule has 0 aliphatic heterocycles. The standard InChI is InChI=1S/C13H19N3O4.C10H18O5.C8H11N3O2/c1-13(2,3)20-12(17)15-9-8-14-10-6-4-5-7-11(10)16(18)19;1-9(2,3)14-7(11)13-8(12)15-10(4,5)6;9-5-6-10-7-3-1-2-4-8(7)11(12)13/h4-7,14H,8-9H2,1-3H3,(H,15,17);1-6H3;1-4,10H,5-6,9H2. The van der Waals surface area contributed by atoms with Gasteiger partial charge in [0.1, 0.15) is 28.2 Å². The van der Waals surface area contributed by atoms with Crippen molar-refractivity contribution in [3.63, 3.8) is 0 Å². The first-order valence-corrected chi connectivity index (χ1v) is 14.8. The third-order valence-electron chi connectivity index (χ3n) is 4.72. The van der Waals surface area contributed by atoms with Crippen molar-refractivity contribution >= 4 is 41.2 Å². The molecule has 17 nitrogen and oxygen atoms in total. The molecule has 0 saturated carbocycles. The molecular weight excluding hydrogens is 632 g/mol. The topological polar surface area (TPSA) is 237 Å². The number of alkyl carbamates (subject to hydrolysis) is 1. The molecule has 1 amide bonds. The summed E-state index contributed by atoms with van der Waals surface area (Å²) in [6, 6.07) is 12.8. The molecule has 2 rings (SSSR count). The normalized spacial score (nSPS) is 10.8. The van der Waals surface area contributed by atoms with Gasteiger partial charge in [-0.3, -0.25) is 20.2 Å². The van der Waals surface area contributed by atoms with Crippen LogP contribution in [0.2, 0.25) is 0 Å². The second-order valence-corrected chi connectivity index (χ2v) is 12.7. The van der Waals surface area contributed by atoms with E-state index in [4.69, 9.17) is 19.9 Å². The van der Waals surface area contributed by atoms with Crippen LogP contribution in [0.4, 0.5) is 37.1 Å². The number of nitro groups is 2. The van der Waals surface area contributed by atoms with Crippen molar-refractivity contribution in [1.29, 1.82) is 0 Å². The van der Waals surface area contributed by atoms with Gasteiger partial charge in [-0.15, -0.1) is 0 Å². The number of carbonyl (C=O) groups is 3. The largest absolute Gasteiger partial charge is 0.519 e. The monoisotopic (exact) mass is 680 g/mol. The zero-order chi connectivity index (χ0) is 37.1. The van der Waals surface area contributed by atoms with Crippen molar-refractivity contribution in [2.45, 2.75) is 79.1 Å². The Hall–Kier alpha value is -5.19. The molecule has 17 heteroatoms. The summed E-state index contributed by atoms with van der Waals surface area (Å²) in [5, 5.41) is 29.7. The van der Waals surface area contributed by atoms with Crippen LogP contribution < -0.4 is 21.7 Å². The molecule has 0 heterocycles. The molecule has 5 N–H and O–H groups in total. The van der Waals surface area contributed by atoms with Crippen LogP contribution in [0.1, 0.15) is 62.3 Å². The number of amides is 1. The minimum Gasteiger partial charge on any atom is -0.444 e. The van der Waals surface area contributed by atoms with Gasteiger partial charge in [-0.1, -0.05) is 24.3 Å². The van der Waals surface area contributed by atoms with Crippen molar-refractivity contribution in [2.75, 3.05) is 36.8 Å². The van der Waals surface area contributed by atoms with Gasteiger partial charge in [-0.2, -0.15) is 0 Å². The fraction of sp³-hybridized carbons (Fsp3) is 0.516. The molecule has 2 aromatic rings. The highest BCUT2D eigenvalue weighted by Crippen LogP contribution is 2.23. The molecule has 0 aliphatic carbocycles. The number of nitro benzene ring substituents is 2. The summed E-state index contributed by atoms with van der Waals surface area (Å²) in [6.45, 7) is 17.0. The smallest absolute Gasteiger partial charge is 0.444 e. The fourth-order valence-corrected chi connectivity index (χ4v) is 3.06. The Balaban J connectivity index is 0.000000710. The quantitative estimate of drug-likeness (QED) is 0.0562. The number of benzene rings is 2. The third-order valence-corrected chi connectivity index (χ3v) is 4.72. The molecule has 48 heavy (non-hydrogen) atoms. The highest BCUT2D eigenvalue weighted by atomic mass is 16.8. The zero-order valence-corrected chi connectivity index (χ0v) is 28.9. The van der Waals surface area contributed by atoms with E-state index in [-0.39, 0.29) is 11.4 Å². The summed E-state index contributed by atoms with van der Waals surface area (Å²) in [5.74, 6) is 0. The van der Waals surface area contributed by atoms with E-state index in [1.165, 1.54) is 12.1 Å². The number of rotatable bonds is 9. The second kappa shape index (κ2) is 20.1. The molecular formula is C31H48N6O11. The number of carbonyl (C=O) groups excluding carboxylic acids is 3. The lowest BCUT2D eigenvalue weighted by Crippen LogP contribution is -2.35. The van der Waals surface area contributed by atoms with E-state index in [1.54, 1.807) is 98.7 Å². The van der Waals surface area contributed by atoms with Gasteiger partial charge >= 0.3 is 18.4 Å². The van der Waals surface area contributed by atoms with E-state index in [0.29, 0.717) is 37.6 Å². The number of nitrogens with one attached hydrogen (secondary N) is 3. The predicted octanol–water partition coefficient (Wildman–Crippen LogP) is 6.37. The highest BCUT2D eigenvalue weighted by Gasteiger charge is 2.24. The molecule has 0 spiro atoms. The van der Waals surface area contributed by atoms with Gasteiger partial charge in [0.15, 0.2) is 0 Å². The van der Waals surface area contributed by atoms with Gasteiger partial charge in [-0.05, 0) is 74.4 Å². The van der Waals surface area contributed by atoms with E-state index in [0.717, 1.165) is 0 Å². The average Bonchev–Trinajstić information content (AvgIpc) is 2.92. The Morgan fingerprint density at radius 1 is 0.646 bits per heavy atom. The highest BCUT2D eigenvalue weighted by molar-refractivity contribution is 5.77. The molecule has 0 aromatic heterocycles. The van der Waals surface area contributed by atoms with Crippen LogP contribution in [0, 0.1) is 20.2 Å². The second-order valence-electron chi connectivity index (χ2n) is 12.7. The Morgan fingerprint density at radius 3 is 1.38 bits per heavy atom. The van der Waals surface area contributed by atoms with Crippen LogP contribution in [-0.4, -0.2) is 71.2 Å². The minimum atomic E-state index is -1.06. The van der Waals surface area contributed by atoms with Gasteiger partial charge < -0.3 is 40.6 Å². The average molecular weight is 681 g/mol.